The van der Waals surface area contributed by atoms with E-state index in [1.807, 2.05) is 91.2 Å². The molecule has 0 saturated heterocycles. The molecule has 0 aliphatic heterocycles. The Bertz CT molecular complexity index is 1320. The fourth-order valence-electron chi connectivity index (χ4n) is 3.14. The van der Waals surface area contributed by atoms with Crippen LogP contribution in [0.15, 0.2) is 87.5 Å². The number of hydrazone groups is 1. The molecular formula is C25H21BrClN5OS. The Kier molecular flexibility index (Phi) is 7.82. The van der Waals surface area contributed by atoms with E-state index in [2.05, 4.69) is 36.7 Å². The van der Waals surface area contributed by atoms with Gasteiger partial charge in [0.2, 0.25) is 0 Å². The first-order valence-corrected chi connectivity index (χ1v) is 12.6. The molecule has 4 aromatic rings. The highest BCUT2D eigenvalue weighted by molar-refractivity contribution is 9.10. The first-order chi connectivity index (χ1) is 16.4. The molecule has 1 aromatic heterocycles. The summed E-state index contributed by atoms with van der Waals surface area (Å²) >= 11 is 10.8. The summed E-state index contributed by atoms with van der Waals surface area (Å²) in [5.41, 5.74) is 7.21. The molecule has 4 rings (SSSR count). The van der Waals surface area contributed by atoms with Crippen molar-refractivity contribution < 1.29 is 4.79 Å². The van der Waals surface area contributed by atoms with Crippen molar-refractivity contribution in [3.8, 4) is 17.1 Å². The number of hydrogen-bond acceptors (Lipinski definition) is 5. The van der Waals surface area contributed by atoms with Gasteiger partial charge in [0.05, 0.1) is 11.5 Å². The lowest BCUT2D eigenvalue weighted by Crippen LogP contribution is -2.21. The Hall–Kier alpha value is -2.94. The largest absolute Gasteiger partial charge is 0.272 e. The Morgan fingerprint density at radius 2 is 1.71 bits per heavy atom. The number of hydrogen-bond donors (Lipinski definition) is 1. The first-order valence-electron chi connectivity index (χ1n) is 10.4. The number of aromatic nitrogens is 3. The molecule has 0 atom stereocenters. The smallest absolute Gasteiger partial charge is 0.250 e. The third-order valence-electron chi connectivity index (χ3n) is 4.97. The van der Waals surface area contributed by atoms with Crippen LogP contribution in [-0.4, -0.2) is 32.1 Å². The lowest BCUT2D eigenvalue weighted by atomic mass is 10.1. The molecule has 1 amide bonds. The van der Waals surface area contributed by atoms with Gasteiger partial charge in [-0.2, -0.15) is 5.10 Å². The molecule has 0 spiro atoms. The molecular weight excluding hydrogens is 534 g/mol. The summed E-state index contributed by atoms with van der Waals surface area (Å²) in [6.45, 7) is 3.88. The Labute approximate surface area is 215 Å². The van der Waals surface area contributed by atoms with Gasteiger partial charge in [-0.05, 0) is 67.9 Å². The van der Waals surface area contributed by atoms with Gasteiger partial charge in [-0.3, -0.25) is 9.36 Å². The van der Waals surface area contributed by atoms with E-state index in [0.717, 1.165) is 32.6 Å². The summed E-state index contributed by atoms with van der Waals surface area (Å²) in [4.78, 5) is 12.5. The summed E-state index contributed by atoms with van der Waals surface area (Å²) in [6, 6.07) is 23.2. The zero-order valence-corrected chi connectivity index (χ0v) is 21.7. The van der Waals surface area contributed by atoms with Crippen LogP contribution in [-0.2, 0) is 4.79 Å². The van der Waals surface area contributed by atoms with E-state index in [1.54, 1.807) is 0 Å². The number of rotatable bonds is 7. The molecule has 9 heteroatoms. The van der Waals surface area contributed by atoms with Gasteiger partial charge < -0.3 is 0 Å². The molecule has 0 unspecified atom stereocenters. The number of halogens is 2. The number of carbonyl (C=O) groups is 1. The number of carbonyl (C=O) groups excluding carboxylic acids is 1. The van der Waals surface area contributed by atoms with E-state index in [0.29, 0.717) is 16.0 Å². The highest BCUT2D eigenvalue weighted by atomic mass is 79.9. The second-order valence-electron chi connectivity index (χ2n) is 7.51. The van der Waals surface area contributed by atoms with E-state index < -0.39 is 0 Å². The molecule has 3 aromatic carbocycles. The van der Waals surface area contributed by atoms with Crippen LogP contribution in [0.4, 0.5) is 0 Å². The van der Waals surface area contributed by atoms with Crippen LogP contribution in [0.2, 0.25) is 5.02 Å². The summed E-state index contributed by atoms with van der Waals surface area (Å²) in [6.07, 6.45) is 0. The van der Waals surface area contributed by atoms with Crippen molar-refractivity contribution in [2.75, 3.05) is 5.75 Å². The Balaban J connectivity index is 1.52. The Morgan fingerprint density at radius 1 is 1.03 bits per heavy atom. The van der Waals surface area contributed by atoms with Crippen molar-refractivity contribution in [3.05, 3.63) is 93.4 Å². The van der Waals surface area contributed by atoms with Crippen LogP contribution in [0.1, 0.15) is 18.1 Å². The molecule has 172 valence electrons. The number of amides is 1. The summed E-state index contributed by atoms with van der Waals surface area (Å²) in [5, 5.41) is 14.2. The van der Waals surface area contributed by atoms with Gasteiger partial charge in [0, 0.05) is 20.7 Å². The number of benzene rings is 3. The van der Waals surface area contributed by atoms with Crippen LogP contribution in [0, 0.1) is 6.92 Å². The van der Waals surface area contributed by atoms with Crippen molar-refractivity contribution in [2.24, 2.45) is 5.10 Å². The van der Waals surface area contributed by atoms with Gasteiger partial charge in [-0.25, -0.2) is 5.43 Å². The maximum Gasteiger partial charge on any atom is 0.250 e. The molecule has 0 bridgehead atoms. The van der Waals surface area contributed by atoms with Crippen molar-refractivity contribution in [1.29, 1.82) is 0 Å². The SMILES string of the molecule is C/C(=N\NC(=O)CSc1nnc(-c2ccc(Cl)cc2)n1-c1ccc(C)cc1)c1ccc(Br)cc1. The molecule has 1 heterocycles. The predicted molar refractivity (Wildman–Crippen MR) is 142 cm³/mol. The quantitative estimate of drug-likeness (QED) is 0.166. The third kappa shape index (κ3) is 5.94. The highest BCUT2D eigenvalue weighted by Crippen LogP contribution is 2.28. The monoisotopic (exact) mass is 553 g/mol. The maximum absolute atomic E-state index is 12.5. The summed E-state index contributed by atoms with van der Waals surface area (Å²) in [7, 11) is 0. The molecule has 6 nitrogen and oxygen atoms in total. The number of thioether (sulfide) groups is 1. The molecule has 0 fully saturated rings. The average molecular weight is 555 g/mol. The van der Waals surface area contributed by atoms with Gasteiger partial charge in [0.1, 0.15) is 0 Å². The predicted octanol–water partition coefficient (Wildman–Crippen LogP) is 6.29. The summed E-state index contributed by atoms with van der Waals surface area (Å²) < 4.78 is 2.93. The average Bonchev–Trinajstić information content (AvgIpc) is 3.26. The standard InChI is InChI=1S/C25H21BrClN5OS/c1-16-3-13-22(14-4-16)32-24(19-7-11-21(27)12-8-19)30-31-25(32)34-15-23(33)29-28-17(2)18-5-9-20(26)10-6-18/h3-14H,15H2,1-2H3,(H,29,33)/b28-17+. The summed E-state index contributed by atoms with van der Waals surface area (Å²) in [5.74, 6) is 0.586. The molecule has 34 heavy (non-hydrogen) atoms. The zero-order valence-electron chi connectivity index (χ0n) is 18.5. The number of nitrogens with one attached hydrogen (secondary N) is 1. The van der Waals surface area contributed by atoms with Crippen LogP contribution < -0.4 is 5.43 Å². The van der Waals surface area contributed by atoms with Crippen molar-refractivity contribution >= 4 is 50.9 Å². The van der Waals surface area contributed by atoms with Gasteiger partial charge in [-0.15, -0.1) is 10.2 Å². The second-order valence-corrected chi connectivity index (χ2v) is 9.81. The molecule has 0 saturated carbocycles. The lowest BCUT2D eigenvalue weighted by molar-refractivity contribution is -0.118. The molecule has 1 N–H and O–H groups in total. The van der Waals surface area contributed by atoms with Crippen molar-refractivity contribution in [1.82, 2.24) is 20.2 Å². The minimum absolute atomic E-state index is 0.141. The minimum Gasteiger partial charge on any atom is -0.272 e. The van der Waals surface area contributed by atoms with Crippen LogP contribution in [0.5, 0.6) is 0 Å². The molecule has 0 radical (unpaired) electrons. The van der Waals surface area contributed by atoms with Gasteiger partial charge >= 0.3 is 0 Å². The van der Waals surface area contributed by atoms with Crippen molar-refractivity contribution in [3.63, 3.8) is 0 Å². The van der Waals surface area contributed by atoms with Crippen LogP contribution in [0.25, 0.3) is 17.1 Å². The first kappa shape index (κ1) is 24.2. The van der Waals surface area contributed by atoms with Gasteiger partial charge in [-0.1, -0.05) is 69.1 Å². The topological polar surface area (TPSA) is 72.2 Å². The third-order valence-corrected chi connectivity index (χ3v) is 6.68. The highest BCUT2D eigenvalue weighted by Gasteiger charge is 2.17. The number of nitrogens with zero attached hydrogens (tertiary/aromatic N) is 4. The lowest BCUT2D eigenvalue weighted by Gasteiger charge is -2.11. The van der Waals surface area contributed by atoms with E-state index in [9.17, 15) is 4.79 Å². The van der Waals surface area contributed by atoms with E-state index in [-0.39, 0.29) is 11.7 Å². The minimum atomic E-state index is -0.229. The molecule has 0 aliphatic rings. The number of aryl methyl sites for hydroxylation is 1. The normalized spacial score (nSPS) is 11.5. The van der Waals surface area contributed by atoms with Crippen LogP contribution in [0.3, 0.4) is 0 Å². The van der Waals surface area contributed by atoms with E-state index >= 15 is 0 Å². The van der Waals surface area contributed by atoms with E-state index in [4.69, 9.17) is 11.6 Å². The van der Waals surface area contributed by atoms with E-state index in [1.165, 1.54) is 11.8 Å². The Morgan fingerprint density at radius 3 is 2.38 bits per heavy atom. The fraction of sp³-hybridized carbons (Fsp3) is 0.120. The fourth-order valence-corrected chi connectivity index (χ4v) is 4.27. The molecule has 0 aliphatic carbocycles. The van der Waals surface area contributed by atoms with Gasteiger partial charge in [0.25, 0.3) is 5.91 Å². The second kappa shape index (κ2) is 11.0. The maximum atomic E-state index is 12.5. The van der Waals surface area contributed by atoms with Crippen LogP contribution >= 0.6 is 39.3 Å². The van der Waals surface area contributed by atoms with Gasteiger partial charge in [0.15, 0.2) is 11.0 Å². The van der Waals surface area contributed by atoms with Crippen molar-refractivity contribution in [2.45, 2.75) is 19.0 Å². The zero-order chi connectivity index (χ0) is 24.1.